The van der Waals surface area contributed by atoms with Crippen LogP contribution in [0.1, 0.15) is 11.3 Å². The highest BCUT2D eigenvalue weighted by Crippen LogP contribution is 2.23. The highest BCUT2D eigenvalue weighted by Gasteiger charge is 2.25. The van der Waals surface area contributed by atoms with Crippen molar-refractivity contribution in [2.45, 2.75) is 12.5 Å². The number of carbonyl (C=O) groups is 1. The Morgan fingerprint density at radius 2 is 2.24 bits per heavy atom. The maximum absolute atomic E-state index is 12.1. The minimum atomic E-state index is -0.285. The minimum absolute atomic E-state index is 0.00653. The number of aromatic nitrogens is 2. The molecule has 21 heavy (non-hydrogen) atoms. The molecular formula is C15H16N4OS. The summed E-state index contributed by atoms with van der Waals surface area (Å²) in [6, 6.07) is 9.69. The first kappa shape index (κ1) is 13.9. The molecule has 0 saturated carbocycles. The second-order valence-electron chi connectivity index (χ2n) is 4.74. The molecule has 1 unspecified atom stereocenters. The van der Waals surface area contributed by atoms with Gasteiger partial charge in [0.15, 0.2) is 0 Å². The molecule has 1 aliphatic heterocycles. The van der Waals surface area contributed by atoms with Gasteiger partial charge in [-0.3, -0.25) is 9.79 Å². The van der Waals surface area contributed by atoms with Gasteiger partial charge in [-0.1, -0.05) is 30.3 Å². The maximum atomic E-state index is 12.1. The smallest absolute Gasteiger partial charge is 0.245 e. The molecule has 6 heteroatoms. The summed E-state index contributed by atoms with van der Waals surface area (Å²) < 4.78 is 0. The molecule has 1 aromatic heterocycles. The van der Waals surface area contributed by atoms with Crippen LogP contribution in [0.25, 0.3) is 0 Å². The van der Waals surface area contributed by atoms with Crippen LogP contribution in [0.4, 0.5) is 0 Å². The summed E-state index contributed by atoms with van der Waals surface area (Å²) in [5.74, 6) is 0.702. The third kappa shape index (κ3) is 3.52. The number of rotatable bonds is 5. The molecule has 3 rings (SSSR count). The molecule has 2 aromatic rings. The van der Waals surface area contributed by atoms with Crippen LogP contribution < -0.4 is 5.32 Å². The fourth-order valence-corrected chi connectivity index (χ4v) is 3.15. The second kappa shape index (κ2) is 6.58. The number of aliphatic imine (C=N–C) groups is 1. The first-order valence-electron chi connectivity index (χ1n) is 6.84. The summed E-state index contributed by atoms with van der Waals surface area (Å²) in [6.07, 6.45) is 4.16. The SMILES string of the molecule is O=C(NCCc1cnc[nH]1)C1CSC(c2ccccc2)=N1. The zero-order valence-corrected chi connectivity index (χ0v) is 12.3. The molecule has 1 aliphatic rings. The summed E-state index contributed by atoms with van der Waals surface area (Å²) >= 11 is 1.64. The van der Waals surface area contributed by atoms with Gasteiger partial charge in [-0.25, -0.2) is 4.98 Å². The molecule has 0 saturated heterocycles. The lowest BCUT2D eigenvalue weighted by Crippen LogP contribution is -2.35. The zero-order valence-electron chi connectivity index (χ0n) is 11.5. The van der Waals surface area contributed by atoms with Crippen molar-refractivity contribution in [3.8, 4) is 0 Å². The van der Waals surface area contributed by atoms with Crippen LogP contribution in [-0.4, -0.2) is 39.3 Å². The predicted octanol–water partition coefficient (Wildman–Crippen LogP) is 1.63. The van der Waals surface area contributed by atoms with Crippen molar-refractivity contribution in [3.63, 3.8) is 0 Å². The van der Waals surface area contributed by atoms with E-state index in [1.807, 2.05) is 30.3 Å². The number of aromatic amines is 1. The fraction of sp³-hybridized carbons (Fsp3) is 0.267. The Hall–Kier alpha value is -2.08. The van der Waals surface area contributed by atoms with Gasteiger partial charge in [0.05, 0.1) is 11.4 Å². The van der Waals surface area contributed by atoms with Crippen molar-refractivity contribution in [2.24, 2.45) is 4.99 Å². The molecule has 2 N–H and O–H groups in total. The Kier molecular flexibility index (Phi) is 4.35. The second-order valence-corrected chi connectivity index (χ2v) is 5.75. The number of nitrogens with one attached hydrogen (secondary N) is 2. The standard InChI is InChI=1S/C15H16N4OS/c20-14(17-7-6-12-8-16-10-18-12)13-9-21-15(19-13)11-4-2-1-3-5-11/h1-5,8,10,13H,6-7,9H2,(H,16,18)(H,17,20). The van der Waals surface area contributed by atoms with Crippen molar-refractivity contribution in [2.75, 3.05) is 12.3 Å². The molecule has 0 fully saturated rings. The Morgan fingerprint density at radius 1 is 1.38 bits per heavy atom. The number of imidazole rings is 1. The van der Waals surface area contributed by atoms with Gasteiger partial charge in [-0.15, -0.1) is 11.8 Å². The van der Waals surface area contributed by atoms with E-state index < -0.39 is 0 Å². The topological polar surface area (TPSA) is 70.1 Å². The van der Waals surface area contributed by atoms with E-state index in [2.05, 4.69) is 20.3 Å². The molecule has 0 spiro atoms. The number of carbonyl (C=O) groups excluding carboxylic acids is 1. The van der Waals surface area contributed by atoms with E-state index in [-0.39, 0.29) is 11.9 Å². The first-order valence-corrected chi connectivity index (χ1v) is 7.82. The van der Waals surface area contributed by atoms with E-state index >= 15 is 0 Å². The number of H-pyrrole nitrogens is 1. The van der Waals surface area contributed by atoms with E-state index in [4.69, 9.17) is 0 Å². The molecule has 5 nitrogen and oxygen atoms in total. The molecule has 1 amide bonds. The van der Waals surface area contributed by atoms with Gasteiger partial charge in [0.1, 0.15) is 6.04 Å². The van der Waals surface area contributed by atoms with E-state index in [9.17, 15) is 4.79 Å². The predicted molar refractivity (Wildman–Crippen MR) is 84.5 cm³/mol. The number of hydrogen-bond donors (Lipinski definition) is 2. The lowest BCUT2D eigenvalue weighted by atomic mass is 10.2. The van der Waals surface area contributed by atoms with Gasteiger partial charge >= 0.3 is 0 Å². The Labute approximate surface area is 127 Å². The summed E-state index contributed by atoms with van der Waals surface area (Å²) in [7, 11) is 0. The number of hydrogen-bond acceptors (Lipinski definition) is 4. The van der Waals surface area contributed by atoms with Crippen LogP contribution in [0.5, 0.6) is 0 Å². The molecule has 108 valence electrons. The van der Waals surface area contributed by atoms with E-state index in [0.717, 1.165) is 22.7 Å². The molecular weight excluding hydrogens is 284 g/mol. The van der Waals surface area contributed by atoms with Crippen molar-refractivity contribution in [1.82, 2.24) is 15.3 Å². The molecule has 2 heterocycles. The van der Waals surface area contributed by atoms with Gasteiger partial charge in [-0.05, 0) is 0 Å². The molecule has 0 aliphatic carbocycles. The number of benzene rings is 1. The van der Waals surface area contributed by atoms with Crippen molar-refractivity contribution in [3.05, 3.63) is 54.1 Å². The van der Waals surface area contributed by atoms with Crippen LogP contribution >= 0.6 is 11.8 Å². The van der Waals surface area contributed by atoms with Gasteiger partial charge < -0.3 is 10.3 Å². The highest BCUT2D eigenvalue weighted by molar-refractivity contribution is 8.14. The minimum Gasteiger partial charge on any atom is -0.354 e. The summed E-state index contributed by atoms with van der Waals surface area (Å²) in [6.45, 7) is 0.596. The van der Waals surface area contributed by atoms with Gasteiger partial charge in [0, 0.05) is 36.2 Å². The number of amides is 1. The van der Waals surface area contributed by atoms with Crippen molar-refractivity contribution in [1.29, 1.82) is 0 Å². The van der Waals surface area contributed by atoms with Crippen LogP contribution in [0.15, 0.2) is 47.8 Å². The number of nitrogens with zero attached hydrogens (tertiary/aromatic N) is 2. The Morgan fingerprint density at radius 3 is 3.00 bits per heavy atom. The lowest BCUT2D eigenvalue weighted by Gasteiger charge is -2.07. The fourth-order valence-electron chi connectivity index (χ4n) is 2.11. The molecule has 0 radical (unpaired) electrons. The maximum Gasteiger partial charge on any atom is 0.245 e. The Balaban J connectivity index is 1.53. The quantitative estimate of drug-likeness (QED) is 0.881. The third-order valence-corrected chi connectivity index (χ3v) is 4.32. The average molecular weight is 300 g/mol. The highest BCUT2D eigenvalue weighted by atomic mass is 32.2. The molecule has 1 atom stereocenters. The van der Waals surface area contributed by atoms with Crippen LogP contribution in [0.3, 0.4) is 0 Å². The average Bonchev–Trinajstić information content (AvgIpc) is 3.20. The first-order chi connectivity index (χ1) is 10.3. The summed E-state index contributed by atoms with van der Waals surface area (Å²) in [4.78, 5) is 23.6. The van der Waals surface area contributed by atoms with E-state index in [0.29, 0.717) is 12.3 Å². The summed E-state index contributed by atoms with van der Waals surface area (Å²) in [5.41, 5.74) is 2.10. The van der Waals surface area contributed by atoms with Crippen molar-refractivity contribution >= 4 is 22.7 Å². The van der Waals surface area contributed by atoms with Crippen LogP contribution in [0.2, 0.25) is 0 Å². The normalized spacial score (nSPS) is 17.5. The van der Waals surface area contributed by atoms with E-state index in [1.165, 1.54) is 0 Å². The molecule has 0 bridgehead atoms. The molecule has 1 aromatic carbocycles. The third-order valence-electron chi connectivity index (χ3n) is 3.22. The Bertz CT molecular complexity index is 624. The number of thioether (sulfide) groups is 1. The monoisotopic (exact) mass is 300 g/mol. The van der Waals surface area contributed by atoms with Gasteiger partial charge in [0.25, 0.3) is 0 Å². The zero-order chi connectivity index (χ0) is 14.5. The van der Waals surface area contributed by atoms with E-state index in [1.54, 1.807) is 24.3 Å². The van der Waals surface area contributed by atoms with Crippen molar-refractivity contribution < 1.29 is 4.79 Å². The van der Waals surface area contributed by atoms with Gasteiger partial charge in [-0.2, -0.15) is 0 Å². The summed E-state index contributed by atoms with van der Waals surface area (Å²) in [5, 5.41) is 3.88. The lowest BCUT2D eigenvalue weighted by molar-refractivity contribution is -0.121. The van der Waals surface area contributed by atoms with Gasteiger partial charge in [0.2, 0.25) is 5.91 Å². The van der Waals surface area contributed by atoms with Crippen LogP contribution in [0, 0.1) is 0 Å². The van der Waals surface area contributed by atoms with Crippen LogP contribution in [-0.2, 0) is 11.2 Å². The largest absolute Gasteiger partial charge is 0.354 e.